The number of anilines is 1. The molecule has 1 aliphatic heterocycles. The molecule has 2 N–H and O–H groups in total. The first-order chi connectivity index (χ1) is 9.19. The van der Waals surface area contributed by atoms with E-state index in [4.69, 9.17) is 17.3 Å². The normalized spacial score (nSPS) is 22.7. The molecule has 0 atom stereocenters. The van der Waals surface area contributed by atoms with Crippen LogP contribution in [0.1, 0.15) is 50.5 Å². The maximum Gasteiger partial charge on any atom is 0.0430 e. The zero-order chi connectivity index (χ0) is 13.3. The summed E-state index contributed by atoms with van der Waals surface area (Å²) >= 11 is 6.22. The molecule has 104 valence electrons. The number of rotatable bonds is 2. The first-order valence-corrected chi connectivity index (χ1v) is 7.91. The number of benzene rings is 1. The Morgan fingerprint density at radius 3 is 2.37 bits per heavy atom. The molecule has 1 aromatic carbocycles. The van der Waals surface area contributed by atoms with Crippen LogP contribution in [0.25, 0.3) is 0 Å². The minimum absolute atomic E-state index is 0.155. The van der Waals surface area contributed by atoms with E-state index in [1.54, 1.807) is 0 Å². The summed E-state index contributed by atoms with van der Waals surface area (Å²) < 4.78 is 0. The smallest absolute Gasteiger partial charge is 0.0430 e. The van der Waals surface area contributed by atoms with Gasteiger partial charge in [0.2, 0.25) is 0 Å². The lowest BCUT2D eigenvalue weighted by Crippen LogP contribution is -2.37. The monoisotopic (exact) mass is 278 g/mol. The highest BCUT2D eigenvalue weighted by Gasteiger charge is 2.34. The Bertz CT molecular complexity index is 446. The average molecular weight is 279 g/mol. The number of hydrogen-bond donors (Lipinski definition) is 1. The van der Waals surface area contributed by atoms with Gasteiger partial charge in [-0.25, -0.2) is 0 Å². The van der Waals surface area contributed by atoms with Crippen LogP contribution in [0.2, 0.25) is 5.02 Å². The molecule has 3 heteroatoms. The third-order valence-electron chi connectivity index (χ3n) is 4.69. The lowest BCUT2D eigenvalue weighted by atomic mass is 9.87. The molecule has 2 nitrogen and oxygen atoms in total. The zero-order valence-corrected chi connectivity index (χ0v) is 12.3. The molecule has 0 amide bonds. The quantitative estimate of drug-likeness (QED) is 0.884. The molecule has 1 aromatic rings. The second-order valence-electron chi connectivity index (χ2n) is 6.07. The third-order valence-corrected chi connectivity index (χ3v) is 4.92. The van der Waals surface area contributed by atoms with E-state index < -0.39 is 0 Å². The second kappa shape index (κ2) is 5.34. The van der Waals surface area contributed by atoms with Gasteiger partial charge in [0.15, 0.2) is 0 Å². The standard InChI is InChI=1S/C16H23ClN2/c17-13-6-7-15(19-10-4-1-5-11-19)14(12-13)16(18)8-2-3-9-16/h6-7,12H,1-5,8-11,18H2. The minimum atomic E-state index is -0.155. The average Bonchev–Trinajstić information content (AvgIpc) is 2.88. The van der Waals surface area contributed by atoms with Crippen LogP contribution in [0.4, 0.5) is 5.69 Å². The highest BCUT2D eigenvalue weighted by atomic mass is 35.5. The van der Waals surface area contributed by atoms with Gasteiger partial charge in [-0.3, -0.25) is 0 Å². The fourth-order valence-corrected chi connectivity index (χ4v) is 3.76. The molecule has 0 spiro atoms. The number of hydrogen-bond acceptors (Lipinski definition) is 2. The summed E-state index contributed by atoms with van der Waals surface area (Å²) in [5, 5.41) is 0.812. The maximum atomic E-state index is 6.67. The van der Waals surface area contributed by atoms with Gasteiger partial charge in [-0.2, -0.15) is 0 Å². The van der Waals surface area contributed by atoms with Gasteiger partial charge in [0.25, 0.3) is 0 Å². The highest BCUT2D eigenvalue weighted by Crippen LogP contribution is 2.42. The summed E-state index contributed by atoms with van der Waals surface area (Å²) in [5.41, 5.74) is 9.12. The molecular formula is C16H23ClN2. The van der Waals surface area contributed by atoms with Crippen LogP contribution in [-0.2, 0) is 5.54 Å². The predicted molar refractivity (Wildman–Crippen MR) is 81.8 cm³/mol. The minimum Gasteiger partial charge on any atom is -0.371 e. The van der Waals surface area contributed by atoms with Gasteiger partial charge in [0, 0.05) is 29.3 Å². The molecule has 1 heterocycles. The Morgan fingerprint density at radius 2 is 1.68 bits per heavy atom. The van der Waals surface area contributed by atoms with Gasteiger partial charge in [-0.15, -0.1) is 0 Å². The Kier molecular flexibility index (Phi) is 3.72. The van der Waals surface area contributed by atoms with E-state index in [1.165, 1.54) is 43.4 Å². The zero-order valence-electron chi connectivity index (χ0n) is 11.5. The van der Waals surface area contributed by atoms with Crippen molar-refractivity contribution in [1.29, 1.82) is 0 Å². The molecule has 3 rings (SSSR count). The van der Waals surface area contributed by atoms with Gasteiger partial charge in [-0.05, 0) is 55.9 Å². The molecule has 0 bridgehead atoms. The van der Waals surface area contributed by atoms with Gasteiger partial charge >= 0.3 is 0 Å². The fourth-order valence-electron chi connectivity index (χ4n) is 3.59. The van der Waals surface area contributed by atoms with Crippen molar-refractivity contribution in [3.8, 4) is 0 Å². The van der Waals surface area contributed by atoms with Gasteiger partial charge < -0.3 is 10.6 Å². The van der Waals surface area contributed by atoms with Crippen molar-refractivity contribution in [2.24, 2.45) is 5.73 Å². The molecule has 2 fully saturated rings. The van der Waals surface area contributed by atoms with Gasteiger partial charge in [0.05, 0.1) is 0 Å². The van der Waals surface area contributed by atoms with Crippen molar-refractivity contribution >= 4 is 17.3 Å². The lowest BCUT2D eigenvalue weighted by molar-refractivity contribution is 0.458. The van der Waals surface area contributed by atoms with E-state index in [-0.39, 0.29) is 5.54 Å². The van der Waals surface area contributed by atoms with E-state index in [0.29, 0.717) is 0 Å². The predicted octanol–water partition coefficient (Wildman–Crippen LogP) is 4.06. The highest BCUT2D eigenvalue weighted by molar-refractivity contribution is 6.30. The molecule has 2 aliphatic rings. The molecule has 1 aliphatic carbocycles. The van der Waals surface area contributed by atoms with Crippen molar-refractivity contribution in [1.82, 2.24) is 0 Å². The largest absolute Gasteiger partial charge is 0.371 e. The van der Waals surface area contributed by atoms with E-state index >= 15 is 0 Å². The number of nitrogens with zero attached hydrogens (tertiary/aromatic N) is 1. The Balaban J connectivity index is 1.98. The SMILES string of the molecule is NC1(c2cc(Cl)ccc2N2CCCCC2)CCCC1. The van der Waals surface area contributed by atoms with E-state index in [1.807, 2.05) is 6.07 Å². The maximum absolute atomic E-state index is 6.67. The van der Waals surface area contributed by atoms with Crippen LogP contribution in [0.3, 0.4) is 0 Å². The van der Waals surface area contributed by atoms with Crippen LogP contribution in [-0.4, -0.2) is 13.1 Å². The van der Waals surface area contributed by atoms with Gasteiger partial charge in [0.1, 0.15) is 0 Å². The Labute approximate surface area is 120 Å². The van der Waals surface area contributed by atoms with Gasteiger partial charge in [-0.1, -0.05) is 24.4 Å². The lowest BCUT2D eigenvalue weighted by Gasteiger charge is -2.35. The second-order valence-corrected chi connectivity index (χ2v) is 6.51. The molecule has 1 saturated heterocycles. The van der Waals surface area contributed by atoms with Crippen LogP contribution in [0, 0.1) is 0 Å². The van der Waals surface area contributed by atoms with E-state index in [9.17, 15) is 0 Å². The molecule has 1 saturated carbocycles. The van der Waals surface area contributed by atoms with E-state index in [0.717, 1.165) is 31.0 Å². The fraction of sp³-hybridized carbons (Fsp3) is 0.625. The summed E-state index contributed by atoms with van der Waals surface area (Å²) in [6.45, 7) is 2.31. The van der Waals surface area contributed by atoms with E-state index in [2.05, 4.69) is 17.0 Å². The summed E-state index contributed by atoms with van der Waals surface area (Å²) in [5.74, 6) is 0. The van der Waals surface area contributed by atoms with Crippen molar-refractivity contribution in [3.63, 3.8) is 0 Å². The van der Waals surface area contributed by atoms with Crippen LogP contribution in [0.15, 0.2) is 18.2 Å². The Morgan fingerprint density at radius 1 is 1.00 bits per heavy atom. The third kappa shape index (κ3) is 2.61. The molecule has 0 aromatic heterocycles. The topological polar surface area (TPSA) is 29.3 Å². The number of halogens is 1. The number of nitrogens with two attached hydrogens (primary N) is 1. The first kappa shape index (κ1) is 13.3. The van der Waals surface area contributed by atoms with Crippen molar-refractivity contribution < 1.29 is 0 Å². The first-order valence-electron chi connectivity index (χ1n) is 7.53. The van der Waals surface area contributed by atoms with Crippen LogP contribution in [0.5, 0.6) is 0 Å². The van der Waals surface area contributed by atoms with Crippen molar-refractivity contribution in [2.45, 2.75) is 50.5 Å². The van der Waals surface area contributed by atoms with Crippen molar-refractivity contribution in [3.05, 3.63) is 28.8 Å². The molecule has 19 heavy (non-hydrogen) atoms. The molecule has 0 unspecified atom stereocenters. The summed E-state index contributed by atoms with van der Waals surface area (Å²) in [6, 6.07) is 6.29. The molecular weight excluding hydrogens is 256 g/mol. The Hall–Kier alpha value is -0.730. The summed E-state index contributed by atoms with van der Waals surface area (Å²) in [6.07, 6.45) is 8.60. The summed E-state index contributed by atoms with van der Waals surface area (Å²) in [4.78, 5) is 2.50. The van der Waals surface area contributed by atoms with Crippen LogP contribution >= 0.6 is 11.6 Å². The number of piperidine rings is 1. The van der Waals surface area contributed by atoms with Crippen LogP contribution < -0.4 is 10.6 Å². The summed E-state index contributed by atoms with van der Waals surface area (Å²) in [7, 11) is 0. The molecule has 0 radical (unpaired) electrons. The van der Waals surface area contributed by atoms with Crippen molar-refractivity contribution in [2.75, 3.05) is 18.0 Å².